The largest absolute Gasteiger partial charge is 0.544 e. The number of aliphatic hydroxyl groups excluding tert-OH is 7. The van der Waals surface area contributed by atoms with Crippen LogP contribution in [-0.4, -0.2) is 165 Å². The molecule has 0 unspecified atom stereocenters. The highest BCUT2D eigenvalue weighted by atomic mass is 35.5. The third-order valence-electron chi connectivity index (χ3n) is 10.9. The number of carboxylic acids is 1. The van der Waals surface area contributed by atoms with Gasteiger partial charge >= 0.3 is 0 Å². The molecular weight excluding hydrogens is 840 g/mol. The second kappa shape index (κ2) is 20.9. The monoisotopic (exact) mass is 889 g/mol. The molecule has 2 amide bonds. The molecule has 3 fully saturated rings. The Kier molecular flexibility index (Phi) is 15.9. The summed E-state index contributed by atoms with van der Waals surface area (Å²) in [6.07, 6.45) is -21.7. The average molecular weight is 890 g/mol. The van der Waals surface area contributed by atoms with E-state index in [4.69, 9.17) is 40.0 Å². The van der Waals surface area contributed by atoms with Crippen molar-refractivity contribution in [2.24, 2.45) is 0 Å². The van der Waals surface area contributed by atoms with Crippen LogP contribution in [0, 0.1) is 0 Å². The summed E-state index contributed by atoms with van der Waals surface area (Å²) in [4.78, 5) is 37.8. The molecule has 0 aliphatic carbocycles. The molecular formula is C42H50ClN2O17-. The Bertz CT molecular complexity index is 1950. The highest BCUT2D eigenvalue weighted by Crippen LogP contribution is 2.38. The number of aliphatic hydroxyl groups is 7. The summed E-state index contributed by atoms with van der Waals surface area (Å²) in [6.45, 7) is -0.493. The molecule has 3 heterocycles. The van der Waals surface area contributed by atoms with E-state index >= 15 is 0 Å². The molecule has 3 aromatic carbocycles. The third kappa shape index (κ3) is 11.1. The van der Waals surface area contributed by atoms with E-state index in [0.717, 1.165) is 18.1 Å². The number of carboxylic acid groups (broad SMARTS) is 1. The number of rotatable bonds is 16. The quantitative estimate of drug-likeness (QED) is 0.0752. The van der Waals surface area contributed by atoms with Crippen LogP contribution < -0.4 is 20.5 Å². The van der Waals surface area contributed by atoms with Crippen LogP contribution in [0.3, 0.4) is 0 Å². The van der Waals surface area contributed by atoms with Crippen LogP contribution in [0.5, 0.6) is 5.75 Å². The van der Waals surface area contributed by atoms with Crippen molar-refractivity contribution >= 4 is 29.4 Å². The molecule has 0 spiro atoms. The smallest absolute Gasteiger partial charge is 0.251 e. The third-order valence-corrected chi connectivity index (χ3v) is 11.1. The van der Waals surface area contributed by atoms with E-state index in [1.165, 1.54) is 24.3 Å². The molecule has 20 heteroatoms. The molecule has 0 aromatic heterocycles. The molecule has 0 saturated carbocycles. The van der Waals surface area contributed by atoms with Gasteiger partial charge < -0.3 is 84.7 Å². The van der Waals surface area contributed by atoms with Crippen LogP contribution in [0.15, 0.2) is 78.9 Å². The van der Waals surface area contributed by atoms with Crippen molar-refractivity contribution < 1.29 is 83.7 Å². The van der Waals surface area contributed by atoms with Crippen molar-refractivity contribution in [1.29, 1.82) is 0 Å². The summed E-state index contributed by atoms with van der Waals surface area (Å²) >= 11 is 5.87. The van der Waals surface area contributed by atoms with Gasteiger partial charge in [-0.2, -0.15) is 0 Å². The van der Waals surface area contributed by atoms with Crippen LogP contribution >= 0.6 is 11.6 Å². The zero-order valence-electron chi connectivity index (χ0n) is 33.3. The molecule has 9 N–H and O–H groups in total. The van der Waals surface area contributed by atoms with E-state index in [9.17, 15) is 55.2 Å². The maximum atomic E-state index is 12.9. The van der Waals surface area contributed by atoms with Gasteiger partial charge in [-0.15, -0.1) is 0 Å². The number of ether oxygens (including phenoxy) is 6. The second-order valence-corrected chi connectivity index (χ2v) is 15.7. The number of carbonyl (C=O) groups excluding carboxylic acids is 3. The van der Waals surface area contributed by atoms with Gasteiger partial charge in [0.25, 0.3) is 5.91 Å². The Morgan fingerprint density at radius 2 is 1.60 bits per heavy atom. The van der Waals surface area contributed by atoms with Gasteiger partial charge in [0.05, 0.1) is 31.0 Å². The molecule has 3 aliphatic heterocycles. The van der Waals surface area contributed by atoms with Crippen molar-refractivity contribution in [3.63, 3.8) is 0 Å². The fourth-order valence-electron chi connectivity index (χ4n) is 7.54. The maximum absolute atomic E-state index is 12.9. The minimum absolute atomic E-state index is 0.0762. The number of carbonyl (C=O) groups is 3. The average Bonchev–Trinajstić information content (AvgIpc) is 3.26. The van der Waals surface area contributed by atoms with E-state index in [-0.39, 0.29) is 25.2 Å². The van der Waals surface area contributed by atoms with Gasteiger partial charge in [0.1, 0.15) is 67.2 Å². The van der Waals surface area contributed by atoms with Crippen molar-refractivity contribution in [1.82, 2.24) is 10.6 Å². The molecule has 19 nitrogen and oxygen atoms in total. The topological polar surface area (TPSA) is 295 Å². The zero-order chi connectivity index (χ0) is 44.7. The lowest BCUT2D eigenvalue weighted by Crippen LogP contribution is -2.72. The van der Waals surface area contributed by atoms with E-state index < -0.39 is 123 Å². The standard InChI is InChI=1S/C42H51ClN2O17/c1-21(47)45-32-27(48)17-42(41(55)56,61-37(32)33(50)28(49)18-44-39(54)24-7-11-25(43)12-8-24)62-38-35(52)30(19-46)60-40(36(38)53)59-29-15-16-57-31(34(29)51)20-58-26-13-9-23(10-14-26)22-5-3-2-4-6-22/h2-14,27-38,40,46,48-53H,15-20H2,1H3,(H,44,54)(H,45,47)(H,55,56)/p-1/t27-,28+,29+,30+,31+,32+,33-,34+,35-,36+,37+,38-,40+,42-/m0/s1. The predicted molar refractivity (Wildman–Crippen MR) is 212 cm³/mol. The molecule has 3 aliphatic rings. The first kappa shape index (κ1) is 47.2. The van der Waals surface area contributed by atoms with Crippen LogP contribution in [-0.2, 0) is 33.3 Å². The minimum atomic E-state index is -3.11. The molecule has 3 aromatic rings. The molecule has 0 bridgehead atoms. The summed E-state index contributed by atoms with van der Waals surface area (Å²) in [5, 5.41) is 95.7. The highest BCUT2D eigenvalue weighted by Gasteiger charge is 2.57. The fraction of sp³-hybridized carbons (Fsp3) is 0.500. The van der Waals surface area contributed by atoms with Gasteiger partial charge in [0.2, 0.25) is 11.7 Å². The molecule has 62 heavy (non-hydrogen) atoms. The SMILES string of the molecule is CC(=O)N[C@H]1[C@H]([C@@H](O)[C@H](O)CNC(=O)c2ccc(Cl)cc2)O[C@@](O[C@H]2[C@@H](O)[C@@H](CO)O[C@@H](O[C@@H]3CCO[C@H](COc4ccc(-c5ccccc5)cc4)[C@@H]3O)[C@@H]2O)(C(=O)[O-])C[C@@H]1O. The van der Waals surface area contributed by atoms with Crippen LogP contribution in [0.25, 0.3) is 11.1 Å². The fourth-order valence-corrected chi connectivity index (χ4v) is 7.67. The Morgan fingerprint density at radius 1 is 0.919 bits per heavy atom. The van der Waals surface area contributed by atoms with Gasteiger partial charge in [-0.25, -0.2) is 0 Å². The number of aliphatic carboxylic acids is 1. The van der Waals surface area contributed by atoms with Gasteiger partial charge in [0, 0.05) is 37.1 Å². The number of nitrogens with one attached hydrogen (secondary N) is 2. The van der Waals surface area contributed by atoms with E-state index in [1.54, 1.807) is 12.1 Å². The van der Waals surface area contributed by atoms with Gasteiger partial charge in [-0.1, -0.05) is 54.1 Å². The van der Waals surface area contributed by atoms with Crippen molar-refractivity contribution in [3.8, 4) is 16.9 Å². The second-order valence-electron chi connectivity index (χ2n) is 15.2. The predicted octanol–water partition coefficient (Wildman–Crippen LogP) is -2.00. The Labute approximate surface area is 360 Å². The molecule has 6 rings (SSSR count). The first-order valence-corrected chi connectivity index (χ1v) is 20.3. The number of halogens is 1. The molecule has 338 valence electrons. The molecule has 3 saturated heterocycles. The lowest BCUT2D eigenvalue weighted by Gasteiger charge is -2.52. The number of amides is 2. The summed E-state index contributed by atoms with van der Waals surface area (Å²) < 4.78 is 34.8. The van der Waals surface area contributed by atoms with E-state index in [1.807, 2.05) is 42.5 Å². The number of hydrogen-bond donors (Lipinski definition) is 9. The van der Waals surface area contributed by atoms with Crippen LogP contribution in [0.1, 0.15) is 30.1 Å². The van der Waals surface area contributed by atoms with E-state index in [0.29, 0.717) is 10.8 Å². The zero-order valence-corrected chi connectivity index (χ0v) is 34.1. The molecule has 0 radical (unpaired) electrons. The van der Waals surface area contributed by atoms with Gasteiger partial charge in [0.15, 0.2) is 6.29 Å². The number of benzene rings is 3. The summed E-state index contributed by atoms with van der Waals surface area (Å²) in [5.41, 5.74) is 2.14. The van der Waals surface area contributed by atoms with Crippen LogP contribution in [0.2, 0.25) is 5.02 Å². The Balaban J connectivity index is 1.14. The minimum Gasteiger partial charge on any atom is -0.544 e. The first-order valence-electron chi connectivity index (χ1n) is 19.9. The Hall–Kier alpha value is -4.32. The van der Waals surface area contributed by atoms with Crippen LogP contribution in [0.4, 0.5) is 0 Å². The van der Waals surface area contributed by atoms with Crippen molar-refractivity contribution in [2.75, 3.05) is 26.4 Å². The highest BCUT2D eigenvalue weighted by molar-refractivity contribution is 6.30. The first-order chi connectivity index (χ1) is 29.6. The van der Waals surface area contributed by atoms with Crippen molar-refractivity contribution in [3.05, 3.63) is 89.4 Å². The van der Waals surface area contributed by atoms with E-state index in [2.05, 4.69) is 10.6 Å². The van der Waals surface area contributed by atoms with Crippen molar-refractivity contribution in [2.45, 2.75) is 105 Å². The summed E-state index contributed by atoms with van der Waals surface area (Å²) in [5.74, 6) is -6.20. The summed E-state index contributed by atoms with van der Waals surface area (Å²) in [6, 6.07) is 21.1. The van der Waals surface area contributed by atoms with Gasteiger partial charge in [-0.3, -0.25) is 9.59 Å². The summed E-state index contributed by atoms with van der Waals surface area (Å²) in [7, 11) is 0. The lowest BCUT2D eigenvalue weighted by molar-refractivity contribution is -0.408. The lowest BCUT2D eigenvalue weighted by atomic mass is 9.88. The molecule has 14 atom stereocenters. The number of hydrogen-bond acceptors (Lipinski definition) is 17. The maximum Gasteiger partial charge on any atom is 0.251 e. The van der Waals surface area contributed by atoms with Gasteiger partial charge in [-0.05, 0) is 53.9 Å². The Morgan fingerprint density at radius 3 is 2.24 bits per heavy atom. The normalized spacial score (nSPS) is 32.2.